The molecule has 0 aromatic carbocycles. The quantitative estimate of drug-likeness (QED) is 0.673. The number of nitrogens with zero attached hydrogens (tertiary/aromatic N) is 3. The van der Waals surface area contributed by atoms with E-state index in [1.165, 1.54) is 12.3 Å². The zero-order valence-corrected chi connectivity index (χ0v) is 9.98. The Balaban J connectivity index is 2.22. The van der Waals surface area contributed by atoms with Crippen molar-refractivity contribution >= 4 is 22.8 Å². The second kappa shape index (κ2) is 5.25. The molecular formula is C11H8N4O2S. The molecule has 0 atom stereocenters. The van der Waals surface area contributed by atoms with Crippen LogP contribution in [0.1, 0.15) is 10.4 Å². The van der Waals surface area contributed by atoms with Crippen molar-refractivity contribution in [2.45, 2.75) is 6.54 Å². The summed E-state index contributed by atoms with van der Waals surface area (Å²) in [5.41, 5.74) is -0.0195. The van der Waals surface area contributed by atoms with Crippen LogP contribution in [-0.4, -0.2) is 9.91 Å². The van der Waals surface area contributed by atoms with Crippen LogP contribution in [0, 0.1) is 21.4 Å². The number of nitro groups is 1. The molecule has 0 fully saturated rings. The van der Waals surface area contributed by atoms with E-state index in [-0.39, 0.29) is 17.1 Å². The highest BCUT2D eigenvalue weighted by Gasteiger charge is 2.16. The predicted molar refractivity (Wildman–Crippen MR) is 67.3 cm³/mol. The summed E-state index contributed by atoms with van der Waals surface area (Å²) in [5.74, 6) is 0.174. The summed E-state index contributed by atoms with van der Waals surface area (Å²) in [6, 6.07) is 6.87. The lowest BCUT2D eigenvalue weighted by Crippen LogP contribution is -2.04. The second-order valence-electron chi connectivity index (χ2n) is 3.39. The lowest BCUT2D eigenvalue weighted by atomic mass is 10.2. The third-order valence-corrected chi connectivity index (χ3v) is 3.08. The Morgan fingerprint density at radius 1 is 1.61 bits per heavy atom. The van der Waals surface area contributed by atoms with Crippen LogP contribution in [0.15, 0.2) is 29.8 Å². The van der Waals surface area contributed by atoms with Gasteiger partial charge in [-0.2, -0.15) is 5.26 Å². The molecule has 0 aliphatic rings. The SMILES string of the molecule is N#Cc1cnc(NCc2cccs2)c([N+](=O)[O-])c1. The second-order valence-corrected chi connectivity index (χ2v) is 4.43. The van der Waals surface area contributed by atoms with Crippen LogP contribution in [-0.2, 0) is 6.54 Å². The predicted octanol–water partition coefficient (Wildman–Crippen LogP) is 2.54. The Morgan fingerprint density at radius 3 is 3.06 bits per heavy atom. The van der Waals surface area contributed by atoms with E-state index in [4.69, 9.17) is 5.26 Å². The van der Waals surface area contributed by atoms with Crippen LogP contribution in [0.3, 0.4) is 0 Å². The van der Waals surface area contributed by atoms with Crippen LogP contribution < -0.4 is 5.32 Å². The van der Waals surface area contributed by atoms with Crippen molar-refractivity contribution in [2.24, 2.45) is 0 Å². The molecule has 0 saturated carbocycles. The van der Waals surface area contributed by atoms with E-state index < -0.39 is 4.92 Å². The molecule has 7 heteroatoms. The number of aromatic nitrogens is 1. The van der Waals surface area contributed by atoms with Gasteiger partial charge in [0.25, 0.3) is 0 Å². The van der Waals surface area contributed by atoms with Gasteiger partial charge in [0.2, 0.25) is 5.82 Å². The molecule has 0 aliphatic heterocycles. The van der Waals surface area contributed by atoms with E-state index in [9.17, 15) is 10.1 Å². The first-order chi connectivity index (χ1) is 8.70. The summed E-state index contributed by atoms with van der Waals surface area (Å²) in [4.78, 5) is 15.3. The highest BCUT2D eigenvalue weighted by atomic mass is 32.1. The van der Waals surface area contributed by atoms with E-state index in [1.807, 2.05) is 23.6 Å². The molecule has 0 unspecified atom stereocenters. The molecule has 1 N–H and O–H groups in total. The van der Waals surface area contributed by atoms with Gasteiger partial charge >= 0.3 is 5.69 Å². The Hall–Kier alpha value is -2.46. The zero-order valence-electron chi connectivity index (χ0n) is 9.16. The molecule has 0 spiro atoms. The molecule has 2 aromatic rings. The highest BCUT2D eigenvalue weighted by Crippen LogP contribution is 2.23. The molecule has 18 heavy (non-hydrogen) atoms. The van der Waals surface area contributed by atoms with Crippen molar-refractivity contribution in [1.82, 2.24) is 4.98 Å². The largest absolute Gasteiger partial charge is 0.359 e. The molecule has 0 aliphatic carbocycles. The molecule has 0 amide bonds. The van der Waals surface area contributed by atoms with Gasteiger partial charge in [-0.1, -0.05) is 6.07 Å². The lowest BCUT2D eigenvalue weighted by molar-refractivity contribution is -0.384. The topological polar surface area (TPSA) is 91.8 Å². The monoisotopic (exact) mass is 260 g/mol. The molecule has 2 rings (SSSR count). The first-order valence-electron chi connectivity index (χ1n) is 5.01. The van der Waals surface area contributed by atoms with Gasteiger partial charge in [0, 0.05) is 17.1 Å². The van der Waals surface area contributed by atoms with Gasteiger partial charge in [-0.05, 0) is 11.4 Å². The summed E-state index contributed by atoms with van der Waals surface area (Å²) in [6.07, 6.45) is 1.31. The highest BCUT2D eigenvalue weighted by molar-refractivity contribution is 7.09. The minimum atomic E-state index is -0.551. The van der Waals surface area contributed by atoms with Crippen molar-refractivity contribution in [3.05, 3.63) is 50.3 Å². The normalized spacial score (nSPS) is 9.72. The van der Waals surface area contributed by atoms with Crippen molar-refractivity contribution in [2.75, 3.05) is 5.32 Å². The molecule has 2 heterocycles. The van der Waals surface area contributed by atoms with Gasteiger partial charge < -0.3 is 5.32 Å². The molecule has 0 bridgehead atoms. The fourth-order valence-corrected chi connectivity index (χ4v) is 2.02. The maximum atomic E-state index is 10.9. The first-order valence-corrected chi connectivity index (χ1v) is 5.89. The number of rotatable bonds is 4. The molecule has 0 radical (unpaired) electrons. The van der Waals surface area contributed by atoms with Crippen molar-refractivity contribution < 1.29 is 4.92 Å². The van der Waals surface area contributed by atoms with Crippen LogP contribution in [0.2, 0.25) is 0 Å². The average molecular weight is 260 g/mol. The number of pyridine rings is 1. The van der Waals surface area contributed by atoms with Crippen molar-refractivity contribution in [3.8, 4) is 6.07 Å². The molecule has 2 aromatic heterocycles. The maximum absolute atomic E-state index is 10.9. The smallest absolute Gasteiger partial charge is 0.312 e. The van der Waals surface area contributed by atoms with Crippen LogP contribution in [0.4, 0.5) is 11.5 Å². The Labute approximate surface area is 107 Å². The van der Waals surface area contributed by atoms with E-state index in [0.29, 0.717) is 6.54 Å². The van der Waals surface area contributed by atoms with Gasteiger partial charge in [-0.15, -0.1) is 11.3 Å². The summed E-state index contributed by atoms with van der Waals surface area (Å²) >= 11 is 1.55. The van der Waals surface area contributed by atoms with Crippen molar-refractivity contribution in [3.63, 3.8) is 0 Å². The number of anilines is 1. The van der Waals surface area contributed by atoms with Crippen LogP contribution in [0.5, 0.6) is 0 Å². The maximum Gasteiger partial charge on any atom is 0.312 e. The average Bonchev–Trinajstić information content (AvgIpc) is 2.89. The third-order valence-electron chi connectivity index (χ3n) is 2.20. The van der Waals surface area contributed by atoms with Gasteiger partial charge in [-0.25, -0.2) is 4.98 Å². The lowest BCUT2D eigenvalue weighted by Gasteiger charge is -2.04. The van der Waals surface area contributed by atoms with E-state index >= 15 is 0 Å². The number of hydrogen-bond donors (Lipinski definition) is 1. The Morgan fingerprint density at radius 2 is 2.44 bits per heavy atom. The molecule has 90 valence electrons. The number of thiophene rings is 1. The summed E-state index contributed by atoms with van der Waals surface area (Å²) in [5, 5.41) is 24.4. The third kappa shape index (κ3) is 2.61. The number of nitriles is 1. The fraction of sp³-hybridized carbons (Fsp3) is 0.0909. The standard InChI is InChI=1S/C11H8N4O2S/c12-5-8-4-10(15(16)17)11(13-6-8)14-7-9-2-1-3-18-9/h1-4,6H,7H2,(H,13,14). The van der Waals surface area contributed by atoms with E-state index in [2.05, 4.69) is 10.3 Å². The van der Waals surface area contributed by atoms with Gasteiger partial charge in [0.15, 0.2) is 0 Å². The molecular weight excluding hydrogens is 252 g/mol. The minimum Gasteiger partial charge on any atom is -0.359 e. The van der Waals surface area contributed by atoms with Gasteiger partial charge in [0.1, 0.15) is 6.07 Å². The van der Waals surface area contributed by atoms with Crippen LogP contribution >= 0.6 is 11.3 Å². The minimum absolute atomic E-state index is 0.170. The Bertz CT molecular complexity index is 604. The van der Waals surface area contributed by atoms with Crippen LogP contribution in [0.25, 0.3) is 0 Å². The summed E-state index contributed by atoms with van der Waals surface area (Å²) < 4.78 is 0. The van der Waals surface area contributed by atoms with E-state index in [0.717, 1.165) is 4.88 Å². The number of hydrogen-bond acceptors (Lipinski definition) is 6. The first kappa shape index (κ1) is 12.0. The van der Waals surface area contributed by atoms with Gasteiger partial charge in [-0.3, -0.25) is 10.1 Å². The Kier molecular flexibility index (Phi) is 3.50. The molecule has 6 nitrogen and oxygen atoms in total. The molecule has 0 saturated heterocycles. The van der Waals surface area contributed by atoms with E-state index in [1.54, 1.807) is 11.3 Å². The van der Waals surface area contributed by atoms with Crippen molar-refractivity contribution in [1.29, 1.82) is 5.26 Å². The number of nitrogens with one attached hydrogen (secondary N) is 1. The summed E-state index contributed by atoms with van der Waals surface area (Å²) in [6.45, 7) is 0.470. The zero-order chi connectivity index (χ0) is 13.0. The van der Waals surface area contributed by atoms with Gasteiger partial charge in [0.05, 0.1) is 17.0 Å². The fourth-order valence-electron chi connectivity index (χ4n) is 1.37. The summed E-state index contributed by atoms with van der Waals surface area (Å²) in [7, 11) is 0.